The van der Waals surface area contributed by atoms with E-state index < -0.39 is 0 Å². The fourth-order valence-corrected chi connectivity index (χ4v) is 3.16. The van der Waals surface area contributed by atoms with E-state index in [1.165, 1.54) is 5.56 Å². The van der Waals surface area contributed by atoms with Gasteiger partial charge in [-0.3, -0.25) is 9.89 Å². The van der Waals surface area contributed by atoms with E-state index >= 15 is 0 Å². The highest BCUT2D eigenvalue weighted by molar-refractivity contribution is 14.0. The van der Waals surface area contributed by atoms with Crippen LogP contribution in [0.4, 0.5) is 0 Å². The van der Waals surface area contributed by atoms with Gasteiger partial charge in [-0.05, 0) is 37.5 Å². The van der Waals surface area contributed by atoms with Gasteiger partial charge in [0.25, 0.3) is 0 Å². The second-order valence-corrected chi connectivity index (χ2v) is 7.76. The smallest absolute Gasteiger partial charge is 0.191 e. The maximum absolute atomic E-state index is 5.89. The van der Waals surface area contributed by atoms with Crippen LogP contribution in [0.15, 0.2) is 29.3 Å². The van der Waals surface area contributed by atoms with E-state index in [1.54, 1.807) is 7.05 Å². The Labute approximate surface area is 187 Å². The van der Waals surface area contributed by atoms with Crippen molar-refractivity contribution in [1.82, 2.24) is 15.5 Å². The number of nitrogens with zero attached hydrogens (tertiary/aromatic N) is 2. The Morgan fingerprint density at radius 2 is 1.93 bits per heavy atom. The van der Waals surface area contributed by atoms with Crippen molar-refractivity contribution in [3.8, 4) is 5.75 Å². The minimum Gasteiger partial charge on any atom is -0.491 e. The molecule has 0 bridgehead atoms. The van der Waals surface area contributed by atoms with Crippen molar-refractivity contribution in [2.45, 2.75) is 46.4 Å². The lowest BCUT2D eigenvalue weighted by atomic mass is 10.2. The summed E-state index contributed by atoms with van der Waals surface area (Å²) in [6, 6.07) is 8.16. The van der Waals surface area contributed by atoms with Crippen LogP contribution < -0.4 is 15.4 Å². The number of hydrogen-bond acceptors (Lipinski definition) is 4. The first-order valence-corrected chi connectivity index (χ1v) is 10.00. The first-order valence-electron chi connectivity index (χ1n) is 10.00. The molecule has 0 amide bonds. The Hall–Kier alpha value is -1.06. The predicted octanol–water partition coefficient (Wildman–Crippen LogP) is 3.11. The molecule has 0 saturated carbocycles. The second kappa shape index (κ2) is 13.2. The molecule has 1 aromatic carbocycles. The highest BCUT2D eigenvalue weighted by atomic mass is 127. The number of hydrogen-bond donors (Lipinski definition) is 2. The van der Waals surface area contributed by atoms with Crippen molar-refractivity contribution in [2.24, 2.45) is 10.9 Å². The summed E-state index contributed by atoms with van der Waals surface area (Å²) in [7, 11) is 1.79. The zero-order valence-corrected chi connectivity index (χ0v) is 20.2. The lowest BCUT2D eigenvalue weighted by Crippen LogP contribution is -2.50. The molecule has 1 unspecified atom stereocenters. The number of benzene rings is 1. The summed E-state index contributed by atoms with van der Waals surface area (Å²) >= 11 is 0. The van der Waals surface area contributed by atoms with E-state index in [0.717, 1.165) is 44.5 Å². The van der Waals surface area contributed by atoms with Crippen molar-refractivity contribution >= 4 is 29.9 Å². The Morgan fingerprint density at radius 3 is 2.54 bits per heavy atom. The number of ether oxygens (including phenoxy) is 2. The van der Waals surface area contributed by atoms with Crippen LogP contribution in [-0.4, -0.2) is 62.9 Å². The molecule has 1 fully saturated rings. The summed E-state index contributed by atoms with van der Waals surface area (Å²) in [6.45, 7) is 14.0. The molecule has 1 aliphatic heterocycles. The van der Waals surface area contributed by atoms with Gasteiger partial charge in [-0.2, -0.15) is 0 Å². The van der Waals surface area contributed by atoms with Crippen LogP contribution in [0, 0.1) is 5.92 Å². The lowest BCUT2D eigenvalue weighted by molar-refractivity contribution is -0.0284. The van der Waals surface area contributed by atoms with Crippen LogP contribution in [-0.2, 0) is 11.3 Å². The van der Waals surface area contributed by atoms with Crippen LogP contribution >= 0.6 is 24.0 Å². The van der Waals surface area contributed by atoms with E-state index in [1.807, 2.05) is 26.0 Å². The monoisotopic (exact) mass is 504 g/mol. The molecule has 1 aromatic rings. The number of nitrogens with one attached hydrogen (secondary N) is 2. The molecule has 0 aliphatic carbocycles. The normalized spacial score (nSPS) is 18.1. The lowest BCUT2D eigenvalue weighted by Gasteiger charge is -2.34. The van der Waals surface area contributed by atoms with Crippen molar-refractivity contribution in [3.05, 3.63) is 29.8 Å². The summed E-state index contributed by atoms with van der Waals surface area (Å²) in [4.78, 5) is 6.80. The topological polar surface area (TPSA) is 58.1 Å². The first-order chi connectivity index (χ1) is 13.0. The fraction of sp³-hybridized carbons (Fsp3) is 0.667. The minimum absolute atomic E-state index is 0. The summed E-state index contributed by atoms with van der Waals surface area (Å²) in [6.07, 6.45) is 0.388. The average molecular weight is 504 g/mol. The Kier molecular flexibility index (Phi) is 11.8. The van der Waals surface area contributed by atoms with Crippen molar-refractivity contribution in [2.75, 3.05) is 39.8 Å². The molecular weight excluding hydrogens is 467 g/mol. The highest BCUT2D eigenvalue weighted by Gasteiger charge is 2.21. The Morgan fingerprint density at radius 1 is 1.21 bits per heavy atom. The third-order valence-electron chi connectivity index (χ3n) is 4.32. The van der Waals surface area contributed by atoms with Crippen molar-refractivity contribution in [1.29, 1.82) is 0 Å². The molecule has 1 saturated heterocycles. The molecule has 1 heterocycles. The standard InChI is InChI=1S/C21H36N4O2.HI/c1-16(2)14-25-10-11-26-20(15-25)13-24-21(22-5)23-12-18-6-8-19(9-7-18)27-17(3)4;/h6-9,16-17,20H,10-15H2,1-5H3,(H2,22,23,24);1H. The van der Waals surface area contributed by atoms with E-state index in [0.29, 0.717) is 12.5 Å². The van der Waals surface area contributed by atoms with Gasteiger partial charge in [0.1, 0.15) is 5.75 Å². The summed E-state index contributed by atoms with van der Waals surface area (Å²) < 4.78 is 11.6. The van der Waals surface area contributed by atoms with Gasteiger partial charge in [0.15, 0.2) is 5.96 Å². The molecule has 0 radical (unpaired) electrons. The van der Waals surface area contributed by atoms with Gasteiger partial charge in [0.2, 0.25) is 0 Å². The Bertz CT molecular complexity index is 578. The second-order valence-electron chi connectivity index (χ2n) is 7.76. The van der Waals surface area contributed by atoms with Crippen molar-refractivity contribution in [3.63, 3.8) is 0 Å². The maximum Gasteiger partial charge on any atom is 0.191 e. The van der Waals surface area contributed by atoms with Crippen molar-refractivity contribution < 1.29 is 9.47 Å². The minimum atomic E-state index is 0. The molecule has 2 N–H and O–H groups in total. The van der Waals surface area contributed by atoms with Gasteiger partial charge in [-0.15, -0.1) is 24.0 Å². The van der Waals surface area contributed by atoms with Gasteiger partial charge in [-0.25, -0.2) is 0 Å². The third kappa shape index (κ3) is 9.43. The molecule has 28 heavy (non-hydrogen) atoms. The summed E-state index contributed by atoms with van der Waals surface area (Å²) in [5.74, 6) is 2.38. The molecule has 0 spiro atoms. The fourth-order valence-electron chi connectivity index (χ4n) is 3.16. The maximum atomic E-state index is 5.89. The molecule has 160 valence electrons. The van der Waals surface area contributed by atoms with E-state index in [9.17, 15) is 0 Å². The van der Waals surface area contributed by atoms with E-state index in [4.69, 9.17) is 9.47 Å². The summed E-state index contributed by atoms with van der Waals surface area (Å²) in [5, 5.41) is 6.74. The number of aliphatic imine (C=N–C) groups is 1. The third-order valence-corrected chi connectivity index (χ3v) is 4.32. The Balaban J connectivity index is 0.00000392. The van der Waals surface area contributed by atoms with Gasteiger partial charge in [-0.1, -0.05) is 26.0 Å². The molecular formula is C21H37IN4O2. The van der Waals surface area contributed by atoms with E-state index in [2.05, 4.69) is 46.5 Å². The van der Waals surface area contributed by atoms with Crippen LogP contribution in [0.2, 0.25) is 0 Å². The average Bonchev–Trinajstić information content (AvgIpc) is 2.62. The van der Waals surface area contributed by atoms with Gasteiger partial charge in [0.05, 0.1) is 18.8 Å². The first kappa shape index (κ1) is 25.0. The predicted molar refractivity (Wildman–Crippen MR) is 127 cm³/mol. The largest absolute Gasteiger partial charge is 0.491 e. The quantitative estimate of drug-likeness (QED) is 0.324. The van der Waals surface area contributed by atoms with Crippen LogP contribution in [0.1, 0.15) is 33.3 Å². The molecule has 7 heteroatoms. The molecule has 1 atom stereocenters. The zero-order valence-electron chi connectivity index (χ0n) is 17.9. The summed E-state index contributed by atoms with van der Waals surface area (Å²) in [5.41, 5.74) is 1.19. The van der Waals surface area contributed by atoms with Crippen LogP contribution in [0.5, 0.6) is 5.75 Å². The molecule has 6 nitrogen and oxygen atoms in total. The van der Waals surface area contributed by atoms with Gasteiger partial charge < -0.3 is 20.1 Å². The number of halogens is 1. The molecule has 0 aromatic heterocycles. The van der Waals surface area contributed by atoms with Gasteiger partial charge in [0, 0.05) is 39.8 Å². The zero-order chi connectivity index (χ0) is 19.6. The van der Waals surface area contributed by atoms with Crippen LogP contribution in [0.25, 0.3) is 0 Å². The molecule has 2 rings (SSSR count). The number of rotatable bonds is 8. The van der Waals surface area contributed by atoms with Crippen LogP contribution in [0.3, 0.4) is 0 Å². The number of guanidine groups is 1. The van der Waals surface area contributed by atoms with E-state index in [-0.39, 0.29) is 36.2 Å². The SMILES string of the molecule is CN=C(NCc1ccc(OC(C)C)cc1)NCC1CN(CC(C)C)CCO1.I. The van der Waals surface area contributed by atoms with Gasteiger partial charge >= 0.3 is 0 Å². The number of morpholine rings is 1. The molecule has 1 aliphatic rings. The highest BCUT2D eigenvalue weighted by Crippen LogP contribution is 2.13.